The zero-order valence-corrected chi connectivity index (χ0v) is 12.2. The Labute approximate surface area is 103 Å². The lowest BCUT2D eigenvalue weighted by Gasteiger charge is -2.21. The highest BCUT2D eigenvalue weighted by Gasteiger charge is 2.20. The molecule has 0 radical (unpaired) electrons. The van der Waals surface area contributed by atoms with E-state index in [-0.39, 0.29) is 0 Å². The van der Waals surface area contributed by atoms with Crippen LogP contribution in [0, 0.1) is 0 Å². The molecule has 0 saturated carbocycles. The SMILES string of the molecule is C=CC[Si](C)(C)c1ccc(CCBr)cc1. The Hall–Kier alpha value is -0.343. The summed E-state index contributed by atoms with van der Waals surface area (Å²) in [6.07, 6.45) is 3.17. The number of alkyl halides is 1. The van der Waals surface area contributed by atoms with E-state index in [1.165, 1.54) is 10.8 Å². The molecule has 82 valence electrons. The van der Waals surface area contributed by atoms with Gasteiger partial charge in [-0.3, -0.25) is 0 Å². The first-order valence-corrected chi connectivity index (χ1v) is 9.69. The largest absolute Gasteiger partial charge is 0.103 e. The van der Waals surface area contributed by atoms with Crippen LogP contribution in [0.15, 0.2) is 36.9 Å². The number of hydrogen-bond donors (Lipinski definition) is 0. The van der Waals surface area contributed by atoms with Gasteiger partial charge in [0.2, 0.25) is 0 Å². The fourth-order valence-corrected chi connectivity index (χ4v) is 4.19. The number of benzene rings is 1. The Morgan fingerprint density at radius 1 is 1.27 bits per heavy atom. The highest BCUT2D eigenvalue weighted by atomic mass is 79.9. The average Bonchev–Trinajstić information content (AvgIpc) is 2.19. The van der Waals surface area contributed by atoms with Crippen LogP contribution in [0.3, 0.4) is 0 Å². The molecule has 0 saturated heterocycles. The Morgan fingerprint density at radius 3 is 2.33 bits per heavy atom. The van der Waals surface area contributed by atoms with Crippen LogP contribution in [0.5, 0.6) is 0 Å². The van der Waals surface area contributed by atoms with E-state index in [9.17, 15) is 0 Å². The van der Waals surface area contributed by atoms with Crippen LogP contribution in [0.1, 0.15) is 5.56 Å². The molecule has 0 aliphatic rings. The normalized spacial score (nSPS) is 11.4. The van der Waals surface area contributed by atoms with Crippen molar-refractivity contribution in [3.8, 4) is 0 Å². The Kier molecular flexibility index (Phi) is 4.80. The molecule has 0 nitrogen and oxygen atoms in total. The summed E-state index contributed by atoms with van der Waals surface area (Å²) in [5.41, 5.74) is 1.42. The molecule has 1 aromatic carbocycles. The van der Waals surface area contributed by atoms with Gasteiger partial charge in [0, 0.05) is 5.33 Å². The molecule has 0 heterocycles. The smallest absolute Gasteiger partial charge is 0.0843 e. The fraction of sp³-hybridized carbons (Fsp3) is 0.385. The second kappa shape index (κ2) is 5.66. The van der Waals surface area contributed by atoms with Gasteiger partial charge in [-0.05, 0) is 18.0 Å². The maximum Gasteiger partial charge on any atom is 0.0843 e. The second-order valence-electron chi connectivity index (χ2n) is 4.51. The number of hydrogen-bond acceptors (Lipinski definition) is 0. The van der Waals surface area contributed by atoms with Crippen molar-refractivity contribution >= 4 is 29.2 Å². The molecule has 1 aromatic rings. The standard InChI is InChI=1S/C13H19BrSi/c1-4-11-15(2,3)13-7-5-12(6-8-13)9-10-14/h4-8H,1,9-11H2,2-3H3. The van der Waals surface area contributed by atoms with Crippen LogP contribution < -0.4 is 5.19 Å². The van der Waals surface area contributed by atoms with Crippen molar-refractivity contribution in [2.24, 2.45) is 0 Å². The van der Waals surface area contributed by atoms with Gasteiger partial charge in [-0.15, -0.1) is 6.58 Å². The fourth-order valence-electron chi connectivity index (χ4n) is 1.71. The van der Waals surface area contributed by atoms with Crippen molar-refractivity contribution in [3.05, 3.63) is 42.5 Å². The molecular formula is C13H19BrSi. The highest BCUT2D eigenvalue weighted by Crippen LogP contribution is 2.11. The molecule has 1 rings (SSSR count). The minimum absolute atomic E-state index is 1.04. The van der Waals surface area contributed by atoms with Gasteiger partial charge in [0.25, 0.3) is 0 Å². The molecule has 0 aromatic heterocycles. The zero-order valence-electron chi connectivity index (χ0n) is 9.59. The van der Waals surface area contributed by atoms with E-state index in [0.29, 0.717) is 0 Å². The van der Waals surface area contributed by atoms with Crippen molar-refractivity contribution in [1.29, 1.82) is 0 Å². The molecule has 0 aliphatic carbocycles. The van der Waals surface area contributed by atoms with Crippen molar-refractivity contribution in [1.82, 2.24) is 0 Å². The maximum atomic E-state index is 3.85. The third kappa shape index (κ3) is 3.62. The van der Waals surface area contributed by atoms with Gasteiger partial charge in [0.05, 0.1) is 8.07 Å². The lowest BCUT2D eigenvalue weighted by molar-refractivity contribution is 1.17. The van der Waals surface area contributed by atoms with E-state index in [2.05, 4.69) is 65.9 Å². The molecule has 0 spiro atoms. The first kappa shape index (κ1) is 12.7. The van der Waals surface area contributed by atoms with Crippen LogP contribution in [0.2, 0.25) is 19.1 Å². The van der Waals surface area contributed by atoms with Crippen LogP contribution in [0.4, 0.5) is 0 Å². The Bertz CT molecular complexity index is 314. The minimum Gasteiger partial charge on any atom is -0.103 e. The van der Waals surface area contributed by atoms with E-state index >= 15 is 0 Å². The van der Waals surface area contributed by atoms with Gasteiger partial charge >= 0.3 is 0 Å². The topological polar surface area (TPSA) is 0 Å². The van der Waals surface area contributed by atoms with E-state index in [4.69, 9.17) is 0 Å². The summed E-state index contributed by atoms with van der Waals surface area (Å²) in [5.74, 6) is 0. The van der Waals surface area contributed by atoms with Gasteiger partial charge in [-0.1, -0.05) is 64.6 Å². The zero-order chi connectivity index (χ0) is 11.3. The molecule has 0 fully saturated rings. The van der Waals surface area contributed by atoms with Gasteiger partial charge < -0.3 is 0 Å². The third-order valence-electron chi connectivity index (χ3n) is 2.77. The lowest BCUT2D eigenvalue weighted by atomic mass is 10.2. The molecule has 0 bridgehead atoms. The molecule has 0 unspecified atom stereocenters. The molecule has 2 heteroatoms. The number of allylic oxidation sites excluding steroid dienone is 1. The van der Waals surface area contributed by atoms with Crippen molar-refractivity contribution < 1.29 is 0 Å². The van der Waals surface area contributed by atoms with Gasteiger partial charge in [-0.25, -0.2) is 0 Å². The average molecular weight is 283 g/mol. The first-order chi connectivity index (χ1) is 7.10. The summed E-state index contributed by atoms with van der Waals surface area (Å²) in [7, 11) is -1.26. The van der Waals surface area contributed by atoms with Gasteiger partial charge in [0.15, 0.2) is 0 Å². The second-order valence-corrected chi connectivity index (χ2v) is 10.1. The molecule has 0 aliphatic heterocycles. The molecule has 0 N–H and O–H groups in total. The van der Waals surface area contributed by atoms with Crippen molar-refractivity contribution in [2.75, 3.05) is 5.33 Å². The third-order valence-corrected chi connectivity index (χ3v) is 6.38. The predicted molar refractivity (Wildman–Crippen MR) is 76.1 cm³/mol. The van der Waals surface area contributed by atoms with Gasteiger partial charge in [-0.2, -0.15) is 0 Å². The lowest BCUT2D eigenvalue weighted by Crippen LogP contribution is -2.40. The summed E-state index contributed by atoms with van der Waals surface area (Å²) in [5, 5.41) is 2.57. The summed E-state index contributed by atoms with van der Waals surface area (Å²) in [6.45, 7) is 8.64. The number of rotatable bonds is 5. The molecule has 15 heavy (non-hydrogen) atoms. The van der Waals surface area contributed by atoms with Gasteiger partial charge in [0.1, 0.15) is 0 Å². The maximum absolute atomic E-state index is 3.85. The Morgan fingerprint density at radius 2 is 1.87 bits per heavy atom. The number of aryl methyl sites for hydroxylation is 1. The first-order valence-electron chi connectivity index (χ1n) is 5.36. The molecular weight excluding hydrogens is 264 g/mol. The summed E-state index contributed by atoms with van der Waals surface area (Å²) >= 11 is 3.46. The quantitative estimate of drug-likeness (QED) is 0.439. The minimum atomic E-state index is -1.26. The predicted octanol–water partition coefficient (Wildman–Crippen LogP) is 3.73. The van der Waals surface area contributed by atoms with E-state index < -0.39 is 8.07 Å². The molecule has 0 amide bonds. The summed E-state index contributed by atoms with van der Waals surface area (Å²) < 4.78 is 0. The van der Waals surface area contributed by atoms with Crippen LogP contribution in [0.25, 0.3) is 0 Å². The van der Waals surface area contributed by atoms with Crippen LogP contribution >= 0.6 is 15.9 Å². The van der Waals surface area contributed by atoms with E-state index in [1.807, 2.05) is 0 Å². The summed E-state index contributed by atoms with van der Waals surface area (Å²) in [6, 6.07) is 10.3. The van der Waals surface area contributed by atoms with Crippen molar-refractivity contribution in [3.63, 3.8) is 0 Å². The highest BCUT2D eigenvalue weighted by molar-refractivity contribution is 9.09. The van der Waals surface area contributed by atoms with Crippen molar-refractivity contribution in [2.45, 2.75) is 25.6 Å². The molecule has 0 atom stereocenters. The van der Waals surface area contributed by atoms with E-state index in [0.717, 1.165) is 17.8 Å². The van der Waals surface area contributed by atoms with E-state index in [1.54, 1.807) is 0 Å². The van der Waals surface area contributed by atoms with Crippen LogP contribution in [-0.4, -0.2) is 13.4 Å². The summed E-state index contributed by atoms with van der Waals surface area (Å²) in [4.78, 5) is 0. The number of halogens is 1. The monoisotopic (exact) mass is 282 g/mol. The Balaban J connectivity index is 2.83. The van der Waals surface area contributed by atoms with Crippen LogP contribution in [-0.2, 0) is 6.42 Å².